The summed E-state index contributed by atoms with van der Waals surface area (Å²) in [6.07, 6.45) is -1.56. The zero-order chi connectivity index (χ0) is 12.2. The van der Waals surface area contributed by atoms with Gasteiger partial charge in [0.1, 0.15) is 6.23 Å². The van der Waals surface area contributed by atoms with E-state index in [2.05, 4.69) is 10.0 Å². The van der Waals surface area contributed by atoms with Gasteiger partial charge in [-0.1, -0.05) is 22.8 Å². The lowest BCUT2D eigenvalue weighted by molar-refractivity contribution is 0.205. The first-order valence-corrected chi connectivity index (χ1v) is 6.12. The van der Waals surface area contributed by atoms with E-state index in [-0.39, 0.29) is 4.90 Å². The molecule has 0 aliphatic carbocycles. The number of aliphatic hydroxyl groups is 1. The smallest absolute Gasteiger partial charge is 0.181 e. The van der Waals surface area contributed by atoms with Crippen LogP contribution in [-0.4, -0.2) is 25.5 Å². The Balaban J connectivity index is 2.94. The van der Waals surface area contributed by atoms with Crippen molar-refractivity contribution in [2.24, 2.45) is 5.11 Å². The number of nitrogens with zero attached hydrogens (tertiary/aromatic N) is 3. The Morgan fingerprint density at radius 1 is 1.44 bits per heavy atom. The van der Waals surface area contributed by atoms with Gasteiger partial charge in [0.15, 0.2) is 9.84 Å². The van der Waals surface area contributed by atoms with Gasteiger partial charge in [0.25, 0.3) is 0 Å². The monoisotopic (exact) mass is 241 g/mol. The van der Waals surface area contributed by atoms with Crippen molar-refractivity contribution >= 4 is 9.84 Å². The number of aliphatic hydroxyl groups excluding tert-OH is 1. The molecule has 16 heavy (non-hydrogen) atoms. The molecular formula is C9H11N3O3S. The predicted octanol–water partition coefficient (Wildman–Crippen LogP) is 1.40. The third kappa shape index (κ3) is 3.23. The largest absolute Gasteiger partial charge is 0.386 e. The summed E-state index contributed by atoms with van der Waals surface area (Å²) in [6.45, 7) is 1.84. The SMILES string of the molecule is Cc1ccc(S(=O)(=O)CC(O)N=[N+]=[N-])cc1. The average Bonchev–Trinajstić information content (AvgIpc) is 2.17. The van der Waals surface area contributed by atoms with Gasteiger partial charge in [-0.05, 0) is 24.6 Å². The molecule has 1 N–H and O–H groups in total. The Morgan fingerprint density at radius 2 is 2.00 bits per heavy atom. The van der Waals surface area contributed by atoms with E-state index in [9.17, 15) is 8.42 Å². The highest BCUT2D eigenvalue weighted by molar-refractivity contribution is 7.91. The topological polar surface area (TPSA) is 103 Å². The molecule has 7 heteroatoms. The molecule has 1 aromatic carbocycles. The van der Waals surface area contributed by atoms with E-state index in [1.807, 2.05) is 6.92 Å². The minimum absolute atomic E-state index is 0.102. The first-order valence-electron chi connectivity index (χ1n) is 4.47. The molecule has 0 spiro atoms. The number of aryl methyl sites for hydroxylation is 1. The van der Waals surface area contributed by atoms with Crippen molar-refractivity contribution in [3.8, 4) is 0 Å². The average molecular weight is 241 g/mol. The summed E-state index contributed by atoms with van der Waals surface area (Å²) in [6, 6.07) is 6.22. The summed E-state index contributed by atoms with van der Waals surface area (Å²) in [5.41, 5.74) is 8.98. The second kappa shape index (κ2) is 4.98. The lowest BCUT2D eigenvalue weighted by atomic mass is 10.2. The van der Waals surface area contributed by atoms with Crippen LogP contribution in [0.2, 0.25) is 0 Å². The van der Waals surface area contributed by atoms with E-state index in [0.29, 0.717) is 0 Å². The molecule has 0 saturated carbocycles. The maximum Gasteiger partial charge on any atom is 0.181 e. The number of rotatable bonds is 4. The fraction of sp³-hybridized carbons (Fsp3) is 0.333. The van der Waals surface area contributed by atoms with Crippen molar-refractivity contribution in [1.82, 2.24) is 0 Å². The third-order valence-electron chi connectivity index (χ3n) is 1.93. The molecule has 0 bridgehead atoms. The Labute approximate surface area is 93.1 Å². The van der Waals surface area contributed by atoms with Crippen LogP contribution in [0, 0.1) is 6.92 Å². The molecule has 1 aromatic rings. The molecule has 1 atom stereocenters. The van der Waals surface area contributed by atoms with Gasteiger partial charge in [0.05, 0.1) is 10.6 Å². The second-order valence-corrected chi connectivity index (χ2v) is 5.31. The summed E-state index contributed by atoms with van der Waals surface area (Å²) >= 11 is 0. The van der Waals surface area contributed by atoms with Crippen molar-refractivity contribution in [1.29, 1.82) is 0 Å². The predicted molar refractivity (Wildman–Crippen MR) is 58.4 cm³/mol. The molecule has 0 radical (unpaired) electrons. The summed E-state index contributed by atoms with van der Waals surface area (Å²) in [7, 11) is -3.61. The van der Waals surface area contributed by atoms with Crippen LogP contribution < -0.4 is 0 Å². The first-order chi connectivity index (χ1) is 7.45. The summed E-state index contributed by atoms with van der Waals surface area (Å²) in [5, 5.41) is 12.0. The molecule has 0 amide bonds. The fourth-order valence-corrected chi connectivity index (χ4v) is 2.33. The molecule has 1 unspecified atom stereocenters. The van der Waals surface area contributed by atoms with Gasteiger partial charge >= 0.3 is 0 Å². The zero-order valence-electron chi connectivity index (χ0n) is 8.61. The molecule has 0 saturated heterocycles. The fourth-order valence-electron chi connectivity index (χ4n) is 1.13. The van der Waals surface area contributed by atoms with E-state index in [0.717, 1.165) is 5.56 Å². The van der Waals surface area contributed by atoms with Crippen LogP contribution in [0.5, 0.6) is 0 Å². The molecule has 0 aliphatic heterocycles. The Kier molecular flexibility index (Phi) is 3.89. The van der Waals surface area contributed by atoms with Crippen LogP contribution in [0.15, 0.2) is 34.3 Å². The van der Waals surface area contributed by atoms with Crippen molar-refractivity contribution in [2.45, 2.75) is 18.0 Å². The molecule has 1 rings (SSSR count). The normalized spacial score (nSPS) is 12.9. The summed E-state index contributed by atoms with van der Waals surface area (Å²) in [4.78, 5) is 2.44. The highest BCUT2D eigenvalue weighted by Crippen LogP contribution is 2.13. The van der Waals surface area contributed by atoms with E-state index >= 15 is 0 Å². The van der Waals surface area contributed by atoms with Gasteiger partial charge in [0.2, 0.25) is 0 Å². The van der Waals surface area contributed by atoms with Crippen LogP contribution in [0.25, 0.3) is 10.4 Å². The van der Waals surface area contributed by atoms with E-state index in [1.165, 1.54) is 12.1 Å². The van der Waals surface area contributed by atoms with Gasteiger partial charge in [-0.3, -0.25) is 0 Å². The summed E-state index contributed by atoms with van der Waals surface area (Å²) in [5.74, 6) is -0.611. The third-order valence-corrected chi connectivity index (χ3v) is 3.66. The molecule has 0 heterocycles. The van der Waals surface area contributed by atoms with Crippen LogP contribution in [0.3, 0.4) is 0 Å². The van der Waals surface area contributed by atoms with Crippen molar-refractivity contribution in [2.75, 3.05) is 5.75 Å². The molecule has 0 aliphatic rings. The first kappa shape index (κ1) is 12.5. The zero-order valence-corrected chi connectivity index (χ0v) is 9.42. The maximum absolute atomic E-state index is 11.7. The second-order valence-electron chi connectivity index (χ2n) is 3.28. The quantitative estimate of drug-likeness (QED) is 0.489. The number of sulfone groups is 1. The van der Waals surface area contributed by atoms with Crippen LogP contribution >= 0.6 is 0 Å². The number of hydrogen-bond acceptors (Lipinski definition) is 4. The maximum atomic E-state index is 11.7. The lowest BCUT2D eigenvalue weighted by Crippen LogP contribution is -2.18. The van der Waals surface area contributed by atoms with E-state index in [1.54, 1.807) is 12.1 Å². The van der Waals surface area contributed by atoms with Gasteiger partial charge in [-0.15, -0.1) is 0 Å². The Hall–Kier alpha value is -1.56. The lowest BCUT2D eigenvalue weighted by Gasteiger charge is -2.06. The van der Waals surface area contributed by atoms with Crippen LogP contribution in [0.1, 0.15) is 5.56 Å². The number of benzene rings is 1. The van der Waals surface area contributed by atoms with Crippen molar-refractivity contribution in [3.63, 3.8) is 0 Å². The minimum atomic E-state index is -3.61. The molecular weight excluding hydrogens is 230 g/mol. The minimum Gasteiger partial charge on any atom is -0.386 e. The highest BCUT2D eigenvalue weighted by atomic mass is 32.2. The van der Waals surface area contributed by atoms with Gasteiger partial charge in [0, 0.05) is 4.91 Å². The Morgan fingerprint density at radius 3 is 2.50 bits per heavy atom. The van der Waals surface area contributed by atoms with Gasteiger partial charge in [-0.25, -0.2) is 8.42 Å². The van der Waals surface area contributed by atoms with E-state index in [4.69, 9.17) is 10.6 Å². The molecule has 0 fully saturated rings. The molecule has 86 valence electrons. The van der Waals surface area contributed by atoms with Crippen LogP contribution in [-0.2, 0) is 9.84 Å². The molecule has 6 nitrogen and oxygen atoms in total. The standard InChI is InChI=1S/C9H11N3O3S/c1-7-2-4-8(5-3-7)16(14,15)6-9(13)11-12-10/h2-5,9,13H,6H2,1H3. The summed E-state index contributed by atoms with van der Waals surface area (Å²) < 4.78 is 23.4. The Bertz CT molecular complexity index is 503. The van der Waals surface area contributed by atoms with Gasteiger partial charge in [-0.2, -0.15) is 0 Å². The number of hydrogen-bond donors (Lipinski definition) is 1. The highest BCUT2D eigenvalue weighted by Gasteiger charge is 2.18. The van der Waals surface area contributed by atoms with Crippen LogP contribution in [0.4, 0.5) is 0 Å². The van der Waals surface area contributed by atoms with Crippen molar-refractivity contribution in [3.05, 3.63) is 40.3 Å². The number of azide groups is 1. The van der Waals surface area contributed by atoms with E-state index < -0.39 is 21.8 Å². The van der Waals surface area contributed by atoms with Crippen molar-refractivity contribution < 1.29 is 13.5 Å². The molecule has 0 aromatic heterocycles. The van der Waals surface area contributed by atoms with Gasteiger partial charge < -0.3 is 5.11 Å².